The van der Waals surface area contributed by atoms with Gasteiger partial charge in [0.25, 0.3) is 5.91 Å². The van der Waals surface area contributed by atoms with Crippen molar-refractivity contribution in [2.45, 2.75) is 124 Å². The van der Waals surface area contributed by atoms with Crippen LogP contribution in [-0.2, 0) is 20.8 Å². The minimum absolute atomic E-state index is 0.0147. The Kier molecular flexibility index (Phi) is 16.7. The van der Waals surface area contributed by atoms with Crippen molar-refractivity contribution in [2.75, 3.05) is 45.8 Å². The highest BCUT2D eigenvalue weighted by Crippen LogP contribution is 2.55. The molecule has 4 N–H and O–H groups in total. The molecule has 3 aromatic carbocycles. The fourth-order valence-corrected chi connectivity index (χ4v) is 11.9. The van der Waals surface area contributed by atoms with Gasteiger partial charge >= 0.3 is 0 Å². The number of benzene rings is 3. The summed E-state index contributed by atoms with van der Waals surface area (Å²) in [5.41, 5.74) is 5.59. The molecule has 1 aromatic heterocycles. The Labute approximate surface area is 428 Å². The van der Waals surface area contributed by atoms with Crippen LogP contribution in [0.3, 0.4) is 0 Å². The standard InChI is InChI=1S/C55H71ClN8O6S/c1-34(37-17-19-38(20-18-37)46-35(2)58-33-71-46)59-49(68)44-28-41(65)31-64(44)50(69)47(53(3,4)5)60-45(66)32-63-26-24-62(25-27-63)23-11-10-12-36-13-15-39(16-14-36)48(67)61-51-54(6,7)52(55(51,8)9)70-42-22-21-40(30-57)43(56)29-42/h13-22,29,33-34,41,44,47,51-52,65H,10-12,23-28,31-32H2,1-9H3,(H,59,68)(H,60,66)(H,61,67)/t34-,41+,44-,47+,51-,52-/m0/s1. The van der Waals surface area contributed by atoms with Crippen LogP contribution in [0.5, 0.6) is 5.75 Å². The number of halogens is 1. The van der Waals surface area contributed by atoms with Crippen molar-refractivity contribution in [3.63, 3.8) is 0 Å². The molecule has 1 aliphatic carbocycles. The lowest BCUT2D eigenvalue weighted by Gasteiger charge is -2.63. The van der Waals surface area contributed by atoms with Gasteiger partial charge in [-0.3, -0.25) is 24.1 Å². The lowest BCUT2D eigenvalue weighted by atomic mass is 9.49. The molecule has 3 aliphatic rings. The number of thiazole rings is 1. The van der Waals surface area contributed by atoms with Crippen molar-refractivity contribution >= 4 is 46.6 Å². The lowest BCUT2D eigenvalue weighted by Crippen LogP contribution is -2.74. The van der Waals surface area contributed by atoms with E-state index in [0.29, 0.717) is 21.9 Å². The van der Waals surface area contributed by atoms with Crippen LogP contribution in [0.4, 0.5) is 0 Å². The zero-order chi connectivity index (χ0) is 51.4. The Bertz CT molecular complexity index is 2560. The van der Waals surface area contributed by atoms with Gasteiger partial charge < -0.3 is 35.6 Å². The van der Waals surface area contributed by atoms with Crippen molar-refractivity contribution in [1.29, 1.82) is 5.26 Å². The first-order valence-electron chi connectivity index (χ1n) is 24.9. The second-order valence-electron chi connectivity index (χ2n) is 22.0. The normalized spacial score (nSPS) is 21.9. The monoisotopic (exact) mass is 1010 g/mol. The number of β-amino-alcohol motifs (C(OH)–C–C–N with tert-alkyl or cyclic N) is 1. The van der Waals surface area contributed by atoms with E-state index in [4.69, 9.17) is 16.3 Å². The summed E-state index contributed by atoms with van der Waals surface area (Å²) in [6, 6.07) is 20.8. The molecule has 14 nitrogen and oxygen atoms in total. The number of carbonyl (C=O) groups excluding carboxylic acids is 4. The Morgan fingerprint density at radius 2 is 1.61 bits per heavy atom. The van der Waals surface area contributed by atoms with Crippen LogP contribution in [0.15, 0.2) is 72.2 Å². The smallest absolute Gasteiger partial charge is 0.251 e. The second-order valence-corrected chi connectivity index (χ2v) is 23.2. The van der Waals surface area contributed by atoms with Gasteiger partial charge in [-0.2, -0.15) is 5.26 Å². The maximum atomic E-state index is 14.2. The number of hydrogen-bond donors (Lipinski definition) is 4. The van der Waals surface area contributed by atoms with E-state index < -0.39 is 23.6 Å². The summed E-state index contributed by atoms with van der Waals surface area (Å²) < 4.78 is 6.38. The molecule has 0 bridgehead atoms. The van der Waals surface area contributed by atoms with Gasteiger partial charge in [0.2, 0.25) is 17.7 Å². The van der Waals surface area contributed by atoms with Crippen LogP contribution >= 0.6 is 22.9 Å². The van der Waals surface area contributed by atoms with Crippen LogP contribution < -0.4 is 20.7 Å². The highest BCUT2D eigenvalue weighted by Gasteiger charge is 2.64. The van der Waals surface area contributed by atoms with Crippen molar-refractivity contribution in [3.8, 4) is 22.3 Å². The average Bonchev–Trinajstić information content (AvgIpc) is 3.95. The van der Waals surface area contributed by atoms with Crippen LogP contribution in [0.25, 0.3) is 10.4 Å². The highest BCUT2D eigenvalue weighted by atomic mass is 35.5. The van der Waals surface area contributed by atoms with Crippen LogP contribution in [0.1, 0.15) is 113 Å². The second kappa shape index (κ2) is 22.2. The molecule has 4 amide bonds. The molecule has 4 aromatic rings. The molecule has 4 atom stereocenters. The molecule has 0 radical (unpaired) electrons. The summed E-state index contributed by atoms with van der Waals surface area (Å²) >= 11 is 7.84. The number of aliphatic hydroxyl groups is 1. The summed E-state index contributed by atoms with van der Waals surface area (Å²) in [4.78, 5) is 66.4. The summed E-state index contributed by atoms with van der Waals surface area (Å²) in [7, 11) is 0. The minimum atomic E-state index is -0.893. The number of likely N-dealkylation sites (tertiary alicyclic amines) is 1. The number of hydrogen-bond acceptors (Lipinski definition) is 11. The van der Waals surface area contributed by atoms with E-state index in [1.54, 1.807) is 29.5 Å². The third-order valence-electron chi connectivity index (χ3n) is 14.7. The SMILES string of the molecule is Cc1ncsc1-c1ccc([C@H](C)NC(=O)[C@@H]2C[C@@H](O)CN2C(=O)[C@@H](NC(=O)CN2CCN(CCCCc3ccc(C(=O)N[C@H]4C(C)(C)[C@H](Oc5ccc(C#N)c(Cl)c5)C4(C)C)cc3)CC2)C(C)(C)C)cc1. The lowest BCUT2D eigenvalue weighted by molar-refractivity contribution is -0.164. The molecule has 0 spiro atoms. The number of nitrogens with one attached hydrogen (secondary N) is 3. The van der Waals surface area contributed by atoms with Gasteiger partial charge in [-0.05, 0) is 86.0 Å². The summed E-state index contributed by atoms with van der Waals surface area (Å²) in [5.74, 6) is -0.492. The number of ether oxygens (including phenoxy) is 1. The molecule has 2 aliphatic heterocycles. The average molecular weight is 1010 g/mol. The maximum Gasteiger partial charge on any atom is 0.251 e. The Balaban J connectivity index is 0.816. The molecule has 0 unspecified atom stereocenters. The van der Waals surface area contributed by atoms with Crippen LogP contribution in [0, 0.1) is 34.5 Å². The number of rotatable bonds is 17. The van der Waals surface area contributed by atoms with Gasteiger partial charge in [-0.25, -0.2) is 4.98 Å². The van der Waals surface area contributed by atoms with E-state index in [0.717, 1.165) is 73.7 Å². The number of aliphatic hydroxyl groups excluding tert-OH is 1. The third-order valence-corrected chi connectivity index (χ3v) is 16.0. The fraction of sp³-hybridized carbons (Fsp3) is 0.527. The number of unbranched alkanes of at least 4 members (excludes halogenated alkanes) is 1. The number of carbonyl (C=O) groups is 4. The van der Waals surface area contributed by atoms with Crippen molar-refractivity contribution in [1.82, 2.24) is 35.6 Å². The molecule has 16 heteroatoms. The molecule has 2 saturated heterocycles. The molecule has 1 saturated carbocycles. The minimum Gasteiger partial charge on any atom is -0.489 e. The summed E-state index contributed by atoms with van der Waals surface area (Å²) in [6.45, 7) is 22.2. The molecule has 7 rings (SSSR count). The third kappa shape index (κ3) is 12.5. The summed E-state index contributed by atoms with van der Waals surface area (Å²) in [5, 5.41) is 29.6. The number of aryl methyl sites for hydroxylation is 2. The summed E-state index contributed by atoms with van der Waals surface area (Å²) in [6.07, 6.45) is 2.01. The molecule has 3 heterocycles. The van der Waals surface area contributed by atoms with E-state index in [1.807, 2.05) is 88.7 Å². The van der Waals surface area contributed by atoms with E-state index in [9.17, 15) is 29.5 Å². The number of aromatic nitrogens is 1. The zero-order valence-electron chi connectivity index (χ0n) is 42.7. The van der Waals surface area contributed by atoms with Gasteiger partial charge in [0.05, 0.1) is 45.4 Å². The van der Waals surface area contributed by atoms with Gasteiger partial charge in [-0.1, -0.05) is 96.5 Å². The van der Waals surface area contributed by atoms with Gasteiger partial charge in [0, 0.05) is 67.6 Å². The molecule has 380 valence electrons. The predicted octanol–water partition coefficient (Wildman–Crippen LogP) is 7.57. The molecule has 3 fully saturated rings. The molecule has 71 heavy (non-hydrogen) atoms. The topological polar surface area (TPSA) is 180 Å². The quantitative estimate of drug-likeness (QED) is 0.0772. The first-order chi connectivity index (χ1) is 33.6. The Morgan fingerprint density at radius 1 is 0.944 bits per heavy atom. The predicted molar refractivity (Wildman–Crippen MR) is 278 cm³/mol. The van der Waals surface area contributed by atoms with E-state index in [1.165, 1.54) is 10.5 Å². The largest absolute Gasteiger partial charge is 0.489 e. The first-order valence-corrected chi connectivity index (χ1v) is 26.1. The van der Waals surface area contributed by atoms with Crippen molar-refractivity contribution < 1.29 is 29.0 Å². The van der Waals surface area contributed by atoms with Gasteiger partial charge in [0.15, 0.2) is 0 Å². The fourth-order valence-electron chi connectivity index (χ4n) is 10.9. The van der Waals surface area contributed by atoms with E-state index in [2.05, 4.69) is 64.5 Å². The maximum absolute atomic E-state index is 14.2. The van der Waals surface area contributed by atoms with E-state index in [-0.39, 0.29) is 72.2 Å². The first kappa shape index (κ1) is 53.4. The van der Waals surface area contributed by atoms with Crippen molar-refractivity contribution in [2.24, 2.45) is 16.2 Å². The number of amides is 4. The number of piperazine rings is 1. The van der Waals surface area contributed by atoms with Crippen LogP contribution in [0.2, 0.25) is 5.02 Å². The van der Waals surface area contributed by atoms with Gasteiger partial charge in [-0.15, -0.1) is 11.3 Å². The van der Waals surface area contributed by atoms with Crippen LogP contribution in [-0.4, -0.2) is 125 Å². The van der Waals surface area contributed by atoms with Crippen molar-refractivity contribution in [3.05, 3.63) is 105 Å². The number of nitriles is 1. The highest BCUT2D eigenvalue weighted by molar-refractivity contribution is 7.13. The Morgan fingerprint density at radius 3 is 2.21 bits per heavy atom. The number of nitrogens with zero attached hydrogens (tertiary/aromatic N) is 5. The van der Waals surface area contributed by atoms with E-state index >= 15 is 0 Å². The zero-order valence-corrected chi connectivity index (χ0v) is 44.3. The Hall–Kier alpha value is -5.37. The molecular formula is C55H71ClN8O6S. The van der Waals surface area contributed by atoms with Gasteiger partial charge in [0.1, 0.15) is 30.0 Å². The molecular weight excluding hydrogens is 936 g/mol.